The molecule has 2 heterocycles. The first-order chi connectivity index (χ1) is 10.1. The number of benzene rings is 1. The van der Waals surface area contributed by atoms with E-state index in [4.69, 9.17) is 27.9 Å². The van der Waals surface area contributed by atoms with Gasteiger partial charge < -0.3 is 4.74 Å². The largest absolute Gasteiger partial charge is 0.455 e. The first kappa shape index (κ1) is 14.4. The number of amides is 1. The number of carbonyl (C=O) groups excluding carboxylic acids is 1. The van der Waals surface area contributed by atoms with E-state index in [1.807, 2.05) is 6.26 Å². The average molecular weight is 342 g/mol. The van der Waals surface area contributed by atoms with Crippen molar-refractivity contribution in [2.75, 3.05) is 17.9 Å². The summed E-state index contributed by atoms with van der Waals surface area (Å²) in [5.74, 6) is -0.0160. The SMILES string of the molecule is CSc1ncc2c(n1)OCN(c1c(Cl)cccc1Cl)C2=O. The number of aromatic nitrogens is 2. The van der Waals surface area contributed by atoms with Gasteiger partial charge in [0.2, 0.25) is 5.88 Å². The molecule has 1 aliphatic rings. The van der Waals surface area contributed by atoms with E-state index in [9.17, 15) is 4.79 Å². The number of fused-ring (bicyclic) bond motifs is 1. The molecule has 0 radical (unpaired) electrons. The van der Waals surface area contributed by atoms with Crippen molar-refractivity contribution in [1.29, 1.82) is 0 Å². The zero-order valence-electron chi connectivity index (χ0n) is 10.8. The van der Waals surface area contributed by atoms with Crippen LogP contribution in [0.1, 0.15) is 10.4 Å². The third-order valence-corrected chi connectivity index (χ3v) is 4.10. The lowest BCUT2D eigenvalue weighted by atomic mass is 10.2. The van der Waals surface area contributed by atoms with Gasteiger partial charge in [-0.2, -0.15) is 4.98 Å². The van der Waals surface area contributed by atoms with Crippen LogP contribution < -0.4 is 9.64 Å². The minimum absolute atomic E-state index is 0.000120. The van der Waals surface area contributed by atoms with Gasteiger partial charge in [0, 0.05) is 6.20 Å². The number of nitrogens with zero attached hydrogens (tertiary/aromatic N) is 3. The van der Waals surface area contributed by atoms with E-state index in [1.54, 1.807) is 18.2 Å². The van der Waals surface area contributed by atoms with Crippen LogP contribution in [0, 0.1) is 0 Å². The summed E-state index contributed by atoms with van der Waals surface area (Å²) in [5, 5.41) is 1.31. The van der Waals surface area contributed by atoms with Crippen LogP contribution in [0.4, 0.5) is 5.69 Å². The molecule has 0 bridgehead atoms. The van der Waals surface area contributed by atoms with Gasteiger partial charge in [-0.3, -0.25) is 9.69 Å². The predicted octanol–water partition coefficient (Wildman–Crippen LogP) is 3.50. The van der Waals surface area contributed by atoms with Gasteiger partial charge in [0.05, 0.1) is 15.7 Å². The Morgan fingerprint density at radius 1 is 1.33 bits per heavy atom. The number of hydrogen-bond donors (Lipinski definition) is 0. The van der Waals surface area contributed by atoms with Crippen LogP contribution in [0.2, 0.25) is 10.0 Å². The Bertz CT molecular complexity index is 706. The molecule has 0 fully saturated rings. The summed E-state index contributed by atoms with van der Waals surface area (Å²) in [6.45, 7) is 0.000120. The van der Waals surface area contributed by atoms with Gasteiger partial charge in [0.15, 0.2) is 11.9 Å². The van der Waals surface area contributed by atoms with Crippen LogP contribution in [-0.4, -0.2) is 28.9 Å². The smallest absolute Gasteiger partial charge is 0.268 e. The van der Waals surface area contributed by atoms with Crippen molar-refractivity contribution in [2.45, 2.75) is 5.16 Å². The Balaban J connectivity index is 2.03. The first-order valence-electron chi connectivity index (χ1n) is 5.91. The fraction of sp³-hybridized carbons (Fsp3) is 0.154. The maximum Gasteiger partial charge on any atom is 0.268 e. The molecule has 0 aliphatic carbocycles. The Morgan fingerprint density at radius 3 is 2.71 bits per heavy atom. The van der Waals surface area contributed by atoms with Gasteiger partial charge in [0.25, 0.3) is 5.91 Å². The molecule has 0 spiro atoms. The summed E-state index contributed by atoms with van der Waals surface area (Å²) >= 11 is 13.6. The van der Waals surface area contributed by atoms with E-state index >= 15 is 0 Å². The highest BCUT2D eigenvalue weighted by Crippen LogP contribution is 2.36. The molecule has 108 valence electrons. The van der Waals surface area contributed by atoms with E-state index in [0.29, 0.717) is 20.9 Å². The highest BCUT2D eigenvalue weighted by Gasteiger charge is 2.31. The van der Waals surface area contributed by atoms with E-state index in [0.717, 1.165) is 0 Å². The van der Waals surface area contributed by atoms with Crippen molar-refractivity contribution < 1.29 is 9.53 Å². The molecular weight excluding hydrogens is 333 g/mol. The third kappa shape index (κ3) is 2.54. The van der Waals surface area contributed by atoms with E-state index in [-0.39, 0.29) is 24.1 Å². The van der Waals surface area contributed by atoms with Crippen molar-refractivity contribution >= 4 is 46.6 Å². The standard InChI is InChI=1S/C13H9Cl2N3O2S/c1-21-13-16-5-7-11(17-13)20-6-18(12(7)19)10-8(14)3-2-4-9(10)15/h2-5H,6H2,1H3. The maximum absolute atomic E-state index is 12.6. The molecular formula is C13H9Cl2N3O2S. The molecule has 1 aromatic carbocycles. The monoisotopic (exact) mass is 341 g/mol. The number of anilines is 1. The summed E-state index contributed by atoms with van der Waals surface area (Å²) in [7, 11) is 0. The van der Waals surface area contributed by atoms with Gasteiger partial charge in [0.1, 0.15) is 5.56 Å². The van der Waals surface area contributed by atoms with Crippen molar-refractivity contribution in [1.82, 2.24) is 9.97 Å². The Morgan fingerprint density at radius 2 is 2.05 bits per heavy atom. The lowest BCUT2D eigenvalue weighted by Crippen LogP contribution is -2.39. The molecule has 0 unspecified atom stereocenters. The summed E-state index contributed by atoms with van der Waals surface area (Å²) in [6.07, 6.45) is 3.30. The van der Waals surface area contributed by atoms with E-state index in [1.165, 1.54) is 22.9 Å². The molecule has 0 atom stereocenters. The molecule has 3 rings (SSSR count). The van der Waals surface area contributed by atoms with Crippen molar-refractivity contribution in [3.63, 3.8) is 0 Å². The summed E-state index contributed by atoms with van der Waals surface area (Å²) in [4.78, 5) is 22.2. The van der Waals surface area contributed by atoms with Gasteiger partial charge in [-0.05, 0) is 18.4 Å². The topological polar surface area (TPSA) is 55.3 Å². The van der Waals surface area contributed by atoms with Crippen LogP contribution in [-0.2, 0) is 0 Å². The Hall–Kier alpha value is -1.50. The molecule has 0 saturated heterocycles. The maximum atomic E-state index is 12.6. The molecule has 1 aliphatic heterocycles. The number of thioether (sulfide) groups is 1. The van der Waals surface area contributed by atoms with Crippen LogP contribution in [0.25, 0.3) is 0 Å². The molecule has 21 heavy (non-hydrogen) atoms. The lowest BCUT2D eigenvalue weighted by Gasteiger charge is -2.29. The second-order valence-electron chi connectivity index (χ2n) is 4.15. The predicted molar refractivity (Wildman–Crippen MR) is 82.6 cm³/mol. The molecule has 5 nitrogen and oxygen atoms in total. The van der Waals surface area contributed by atoms with Crippen molar-refractivity contribution in [3.05, 3.63) is 40.0 Å². The highest BCUT2D eigenvalue weighted by atomic mass is 35.5. The van der Waals surface area contributed by atoms with Crippen LogP contribution in [0.3, 0.4) is 0 Å². The second-order valence-corrected chi connectivity index (χ2v) is 5.74. The van der Waals surface area contributed by atoms with Crippen LogP contribution in [0.15, 0.2) is 29.6 Å². The summed E-state index contributed by atoms with van der Waals surface area (Å²) in [5.41, 5.74) is 0.709. The minimum Gasteiger partial charge on any atom is -0.455 e. The molecule has 2 aromatic rings. The Labute approximate surface area is 135 Å². The van der Waals surface area contributed by atoms with Gasteiger partial charge in [-0.1, -0.05) is 41.0 Å². The summed E-state index contributed by atoms with van der Waals surface area (Å²) < 4.78 is 5.54. The highest BCUT2D eigenvalue weighted by molar-refractivity contribution is 7.98. The second kappa shape index (κ2) is 5.71. The van der Waals surface area contributed by atoms with Crippen molar-refractivity contribution in [2.24, 2.45) is 0 Å². The summed E-state index contributed by atoms with van der Waals surface area (Å²) in [6, 6.07) is 5.04. The number of carbonyl (C=O) groups is 1. The molecule has 0 N–H and O–H groups in total. The molecule has 8 heteroatoms. The lowest BCUT2D eigenvalue weighted by molar-refractivity contribution is 0.0931. The average Bonchev–Trinajstić information content (AvgIpc) is 2.49. The van der Waals surface area contributed by atoms with E-state index < -0.39 is 0 Å². The minimum atomic E-state index is -0.293. The number of para-hydroxylation sites is 1. The fourth-order valence-electron chi connectivity index (χ4n) is 1.95. The normalized spacial score (nSPS) is 13.9. The van der Waals surface area contributed by atoms with E-state index in [2.05, 4.69) is 9.97 Å². The number of hydrogen-bond acceptors (Lipinski definition) is 5. The quantitative estimate of drug-likeness (QED) is 0.618. The third-order valence-electron chi connectivity index (χ3n) is 2.93. The number of ether oxygens (including phenoxy) is 1. The number of rotatable bonds is 2. The van der Waals surface area contributed by atoms with Gasteiger partial charge >= 0.3 is 0 Å². The zero-order chi connectivity index (χ0) is 15.0. The fourth-order valence-corrected chi connectivity index (χ4v) is 2.88. The van der Waals surface area contributed by atoms with Crippen molar-refractivity contribution in [3.8, 4) is 5.88 Å². The van der Waals surface area contributed by atoms with Crippen LogP contribution >= 0.6 is 35.0 Å². The zero-order valence-corrected chi connectivity index (χ0v) is 13.2. The molecule has 1 amide bonds. The molecule has 1 aromatic heterocycles. The Kier molecular flexibility index (Phi) is 3.93. The molecule has 0 saturated carbocycles. The first-order valence-corrected chi connectivity index (χ1v) is 7.89. The van der Waals surface area contributed by atoms with Crippen LogP contribution in [0.5, 0.6) is 5.88 Å². The van der Waals surface area contributed by atoms with Gasteiger partial charge in [-0.25, -0.2) is 4.98 Å². The van der Waals surface area contributed by atoms with Gasteiger partial charge in [-0.15, -0.1) is 0 Å². The number of halogens is 2.